The molecule has 1 saturated carbocycles. The highest BCUT2D eigenvalue weighted by Crippen LogP contribution is 2.60. The number of hydrogen-bond donors (Lipinski definition) is 0. The molecule has 3 rings (SSSR count). The van der Waals surface area contributed by atoms with Crippen molar-refractivity contribution in [2.45, 2.75) is 66.0 Å². The zero-order chi connectivity index (χ0) is 37.4. The Morgan fingerprint density at radius 3 is 1.02 bits per heavy atom. The van der Waals surface area contributed by atoms with Gasteiger partial charge in [0.1, 0.15) is 60.6 Å². The third-order valence-corrected chi connectivity index (χ3v) is 7.78. The molecule has 18 heteroatoms. The second-order valence-electron chi connectivity index (χ2n) is 10.8. The number of carbonyl (C=O) groups excluding carboxylic acids is 6. The van der Waals surface area contributed by atoms with Crippen molar-refractivity contribution in [3.8, 4) is 11.5 Å². The average molecular weight is 709 g/mol. The van der Waals surface area contributed by atoms with Crippen molar-refractivity contribution in [1.29, 1.82) is 0 Å². The van der Waals surface area contributed by atoms with Gasteiger partial charge < -0.3 is 46.7 Å². The van der Waals surface area contributed by atoms with Crippen LogP contribution in [0.5, 0.6) is 11.5 Å². The van der Waals surface area contributed by atoms with Gasteiger partial charge in [-0.25, -0.2) is 9.59 Å². The topological polar surface area (TPSA) is 237 Å². The fraction of sp³-hybridized carbons (Fsp3) is 0.500. The molecule has 0 aromatic carbocycles. The van der Waals surface area contributed by atoms with Crippen LogP contribution in [0.2, 0.25) is 0 Å². The molecule has 1 aliphatic carbocycles. The predicted octanol–water partition coefficient (Wildman–Crippen LogP) is 1.32. The molecule has 0 unspecified atom stereocenters. The monoisotopic (exact) mass is 708 g/mol. The van der Waals surface area contributed by atoms with Gasteiger partial charge in [-0.1, -0.05) is 0 Å². The fourth-order valence-electron chi connectivity index (χ4n) is 5.73. The molecule has 2 aromatic rings. The van der Waals surface area contributed by atoms with Crippen molar-refractivity contribution in [3.63, 3.8) is 0 Å². The number of rotatable bonds is 14. The SMILES string of the molecule is COC(=O)C1C(c2oc(=O)c(COC(C)=O)c(OC)c2COC(C)=O)C(C(=O)OC)C1c1oc(=O)c(COC(C)=O)c(OC)c1COC(C)=O. The molecule has 0 atom stereocenters. The van der Waals surface area contributed by atoms with Gasteiger partial charge in [-0.05, 0) is 0 Å². The van der Waals surface area contributed by atoms with Gasteiger partial charge >= 0.3 is 47.1 Å². The van der Waals surface area contributed by atoms with E-state index < -0.39 is 97.2 Å². The van der Waals surface area contributed by atoms with Crippen LogP contribution in [0, 0.1) is 11.8 Å². The third-order valence-electron chi connectivity index (χ3n) is 7.78. The van der Waals surface area contributed by atoms with Crippen LogP contribution in [0.25, 0.3) is 0 Å². The van der Waals surface area contributed by atoms with Gasteiger partial charge in [-0.3, -0.25) is 28.8 Å². The minimum absolute atomic E-state index is 0.105. The molecule has 2 aromatic heterocycles. The minimum atomic E-state index is -1.49. The van der Waals surface area contributed by atoms with E-state index in [1.165, 1.54) is 14.2 Å². The van der Waals surface area contributed by atoms with E-state index in [1.807, 2.05) is 0 Å². The van der Waals surface area contributed by atoms with Crippen molar-refractivity contribution in [2.75, 3.05) is 28.4 Å². The van der Waals surface area contributed by atoms with Crippen LogP contribution >= 0.6 is 0 Å². The molecule has 0 spiro atoms. The number of carbonyl (C=O) groups is 6. The van der Waals surface area contributed by atoms with Gasteiger partial charge in [0.25, 0.3) is 0 Å². The third kappa shape index (κ3) is 8.12. The lowest BCUT2D eigenvalue weighted by atomic mass is 9.53. The van der Waals surface area contributed by atoms with E-state index in [9.17, 15) is 38.4 Å². The lowest BCUT2D eigenvalue weighted by molar-refractivity contribution is -0.166. The Morgan fingerprint density at radius 2 is 0.780 bits per heavy atom. The maximum atomic E-state index is 13.6. The summed E-state index contributed by atoms with van der Waals surface area (Å²) in [6.45, 7) is 2.00. The molecule has 0 bridgehead atoms. The van der Waals surface area contributed by atoms with Gasteiger partial charge in [0.05, 0.1) is 51.4 Å². The van der Waals surface area contributed by atoms with E-state index in [0.717, 1.165) is 41.9 Å². The van der Waals surface area contributed by atoms with Crippen LogP contribution in [0.3, 0.4) is 0 Å². The average Bonchev–Trinajstić information content (AvgIpc) is 3.04. The van der Waals surface area contributed by atoms with E-state index in [1.54, 1.807) is 0 Å². The summed E-state index contributed by atoms with van der Waals surface area (Å²) in [4.78, 5) is 101. The van der Waals surface area contributed by atoms with Crippen LogP contribution in [-0.4, -0.2) is 64.3 Å². The van der Waals surface area contributed by atoms with Crippen molar-refractivity contribution >= 4 is 35.8 Å². The molecular weight excluding hydrogens is 672 g/mol. The van der Waals surface area contributed by atoms with Crippen LogP contribution in [0.4, 0.5) is 0 Å². The summed E-state index contributed by atoms with van der Waals surface area (Å²) in [7, 11) is 4.43. The lowest BCUT2D eigenvalue weighted by Gasteiger charge is -2.47. The van der Waals surface area contributed by atoms with Crippen LogP contribution in [0.15, 0.2) is 18.4 Å². The largest absolute Gasteiger partial charge is 0.495 e. The molecular formula is C32H36O18. The van der Waals surface area contributed by atoms with E-state index in [0.29, 0.717) is 0 Å². The minimum Gasteiger partial charge on any atom is -0.495 e. The second kappa shape index (κ2) is 16.6. The highest BCUT2D eigenvalue weighted by atomic mass is 16.6. The normalized spacial score (nSPS) is 17.8. The Labute approximate surface area is 283 Å². The summed E-state index contributed by atoms with van der Waals surface area (Å²) < 4.78 is 52.8. The van der Waals surface area contributed by atoms with Crippen molar-refractivity contribution < 1.29 is 75.5 Å². The molecule has 0 saturated heterocycles. The van der Waals surface area contributed by atoms with Crippen molar-refractivity contribution in [2.24, 2.45) is 11.8 Å². The van der Waals surface area contributed by atoms with Crippen molar-refractivity contribution in [1.82, 2.24) is 0 Å². The summed E-state index contributed by atoms with van der Waals surface area (Å²) >= 11 is 0. The maximum absolute atomic E-state index is 13.6. The Balaban J connectivity index is 2.41. The van der Waals surface area contributed by atoms with E-state index in [2.05, 4.69) is 0 Å². The fourth-order valence-corrected chi connectivity index (χ4v) is 5.73. The first-order valence-electron chi connectivity index (χ1n) is 14.8. The van der Waals surface area contributed by atoms with E-state index >= 15 is 0 Å². The van der Waals surface area contributed by atoms with Gasteiger partial charge in [0, 0.05) is 39.5 Å². The molecule has 1 fully saturated rings. The Kier molecular flexibility index (Phi) is 12.9. The van der Waals surface area contributed by atoms with Gasteiger partial charge in [-0.15, -0.1) is 0 Å². The van der Waals surface area contributed by atoms with Crippen LogP contribution in [-0.2, 0) is 83.6 Å². The standard InChI is InChI=1S/C32H36O18/c1-13(33)45-9-17-25(41-5)19(11-47-15(3)35)29(37)49-27(17)21-23(31(39)43-7)22(24(21)32(40)44-8)28-18(10-46-14(2)34)26(42-6)20(30(38)50-28)12-48-16(4)36/h21-24H,9-12H2,1-8H3. The second-order valence-corrected chi connectivity index (χ2v) is 10.8. The highest BCUT2D eigenvalue weighted by Gasteiger charge is 2.63. The first-order chi connectivity index (χ1) is 23.6. The first-order valence-corrected chi connectivity index (χ1v) is 14.8. The van der Waals surface area contributed by atoms with Gasteiger partial charge in [0.15, 0.2) is 0 Å². The first kappa shape index (κ1) is 38.8. The molecule has 2 heterocycles. The summed E-state index contributed by atoms with van der Waals surface area (Å²) in [6.07, 6.45) is 0. The lowest BCUT2D eigenvalue weighted by Crippen LogP contribution is -2.52. The predicted molar refractivity (Wildman–Crippen MR) is 161 cm³/mol. The summed E-state index contributed by atoms with van der Waals surface area (Å²) in [6, 6.07) is 0. The molecule has 0 N–H and O–H groups in total. The number of methoxy groups -OCH3 is 4. The molecule has 272 valence electrons. The van der Waals surface area contributed by atoms with Gasteiger partial charge in [-0.2, -0.15) is 0 Å². The quantitative estimate of drug-likeness (QED) is 0.199. The Bertz CT molecular complexity index is 1640. The molecule has 1 aliphatic rings. The summed E-state index contributed by atoms with van der Waals surface area (Å²) in [5.41, 5.74) is -2.94. The molecule has 18 nitrogen and oxygen atoms in total. The number of esters is 6. The van der Waals surface area contributed by atoms with E-state index in [-0.39, 0.29) is 45.3 Å². The zero-order valence-electron chi connectivity index (χ0n) is 28.5. The van der Waals surface area contributed by atoms with Crippen LogP contribution < -0.4 is 20.7 Å². The molecule has 0 radical (unpaired) electrons. The number of ether oxygens (including phenoxy) is 8. The maximum Gasteiger partial charge on any atom is 0.346 e. The molecule has 0 aliphatic heterocycles. The van der Waals surface area contributed by atoms with Crippen LogP contribution in [0.1, 0.15) is 73.3 Å². The highest BCUT2D eigenvalue weighted by molar-refractivity contribution is 5.85. The smallest absolute Gasteiger partial charge is 0.346 e. The summed E-state index contributed by atoms with van der Waals surface area (Å²) in [5.74, 6) is -12.0. The Morgan fingerprint density at radius 1 is 0.500 bits per heavy atom. The number of hydrogen-bond acceptors (Lipinski definition) is 18. The summed E-state index contributed by atoms with van der Waals surface area (Å²) in [5, 5.41) is 0. The van der Waals surface area contributed by atoms with Crippen molar-refractivity contribution in [3.05, 3.63) is 54.6 Å². The molecule has 0 amide bonds. The van der Waals surface area contributed by atoms with Gasteiger partial charge in [0.2, 0.25) is 0 Å². The molecule has 50 heavy (non-hydrogen) atoms. The van der Waals surface area contributed by atoms with E-state index in [4.69, 9.17) is 46.7 Å². The Hall–Kier alpha value is -5.68. The zero-order valence-corrected chi connectivity index (χ0v) is 28.5.